The van der Waals surface area contributed by atoms with Gasteiger partial charge in [-0.2, -0.15) is 0 Å². The Morgan fingerprint density at radius 1 is 1.16 bits per heavy atom. The Balaban J connectivity index is 2.53. The fraction of sp³-hybridized carbons (Fsp3) is 0.368. The summed E-state index contributed by atoms with van der Waals surface area (Å²) in [6, 6.07) is 5.92. The third-order valence-corrected chi connectivity index (χ3v) is 4.60. The molecule has 25 heavy (non-hydrogen) atoms. The number of carboxylic acid groups (broad SMARTS) is 1. The normalized spacial score (nSPS) is 11.3. The van der Waals surface area contributed by atoms with Crippen LogP contribution in [0.25, 0.3) is 11.1 Å². The lowest BCUT2D eigenvalue weighted by Crippen LogP contribution is -2.27. The molecule has 2 aromatic rings. The molecule has 0 bridgehead atoms. The number of carboxylic acids is 1. The number of anilines is 1. The number of nitrogens with one attached hydrogen (secondary N) is 1. The van der Waals surface area contributed by atoms with Crippen molar-refractivity contribution in [3.05, 3.63) is 39.8 Å². The van der Waals surface area contributed by atoms with Crippen LogP contribution in [0.3, 0.4) is 0 Å². The number of aromatic carboxylic acids is 1. The summed E-state index contributed by atoms with van der Waals surface area (Å²) >= 11 is 1.24. The molecule has 1 amide bonds. The van der Waals surface area contributed by atoms with Gasteiger partial charge in [-0.25, -0.2) is 9.59 Å². The number of hydrogen-bond acceptors (Lipinski definition) is 4. The van der Waals surface area contributed by atoms with Crippen LogP contribution in [-0.2, 0) is 4.74 Å². The number of ether oxygens (including phenoxy) is 1. The van der Waals surface area contributed by atoms with E-state index in [4.69, 9.17) is 4.74 Å². The summed E-state index contributed by atoms with van der Waals surface area (Å²) in [7, 11) is 0. The lowest BCUT2D eigenvalue weighted by atomic mass is 9.95. The maximum Gasteiger partial charge on any atom is 0.412 e. The fourth-order valence-electron chi connectivity index (χ4n) is 2.56. The Hall–Kier alpha value is -2.34. The average molecular weight is 361 g/mol. The van der Waals surface area contributed by atoms with E-state index >= 15 is 0 Å². The van der Waals surface area contributed by atoms with Gasteiger partial charge in [-0.15, -0.1) is 11.3 Å². The van der Waals surface area contributed by atoms with Gasteiger partial charge in [-0.05, 0) is 52.7 Å². The van der Waals surface area contributed by atoms with Crippen LogP contribution in [-0.4, -0.2) is 22.8 Å². The van der Waals surface area contributed by atoms with Crippen molar-refractivity contribution >= 4 is 28.4 Å². The van der Waals surface area contributed by atoms with E-state index in [1.54, 1.807) is 20.8 Å². The molecule has 0 aliphatic carbocycles. The number of amides is 1. The number of thiophene rings is 1. The molecule has 0 radical (unpaired) electrons. The molecule has 6 heteroatoms. The first-order valence-corrected chi connectivity index (χ1v) is 8.75. The van der Waals surface area contributed by atoms with Gasteiger partial charge in [0, 0.05) is 10.4 Å². The smallest absolute Gasteiger partial charge is 0.412 e. The van der Waals surface area contributed by atoms with Gasteiger partial charge in [-0.3, -0.25) is 5.32 Å². The average Bonchev–Trinajstić information content (AvgIpc) is 2.75. The van der Waals surface area contributed by atoms with Gasteiger partial charge in [0.05, 0.1) is 0 Å². The van der Waals surface area contributed by atoms with Crippen LogP contribution in [0.2, 0.25) is 0 Å². The summed E-state index contributed by atoms with van der Waals surface area (Å²) in [5, 5.41) is 12.6. The van der Waals surface area contributed by atoms with Gasteiger partial charge >= 0.3 is 12.1 Å². The summed E-state index contributed by atoms with van der Waals surface area (Å²) in [5.74, 6) is -1.08. The van der Waals surface area contributed by atoms with Crippen molar-refractivity contribution in [1.82, 2.24) is 0 Å². The number of benzene rings is 1. The summed E-state index contributed by atoms with van der Waals surface area (Å²) < 4.78 is 5.24. The highest BCUT2D eigenvalue weighted by atomic mass is 32.1. The summed E-state index contributed by atoms with van der Waals surface area (Å²) in [5.41, 5.74) is 2.98. The largest absolute Gasteiger partial charge is 0.478 e. The molecule has 1 aromatic heterocycles. The van der Waals surface area contributed by atoms with Crippen molar-refractivity contribution in [3.63, 3.8) is 0 Å². The molecule has 2 rings (SSSR count). The minimum Gasteiger partial charge on any atom is -0.478 e. The Labute approximate surface area is 151 Å². The van der Waals surface area contributed by atoms with Gasteiger partial charge < -0.3 is 9.84 Å². The monoisotopic (exact) mass is 361 g/mol. The van der Waals surface area contributed by atoms with E-state index < -0.39 is 17.7 Å². The minimum atomic E-state index is -1.08. The Morgan fingerprint density at radius 3 is 2.36 bits per heavy atom. The number of rotatable bonds is 3. The molecule has 0 aliphatic rings. The van der Waals surface area contributed by atoms with E-state index in [9.17, 15) is 14.7 Å². The third kappa shape index (κ3) is 4.39. The zero-order chi connectivity index (χ0) is 18.9. The molecular formula is C19H23NO4S. The van der Waals surface area contributed by atoms with E-state index in [1.165, 1.54) is 11.3 Å². The highest BCUT2D eigenvalue weighted by molar-refractivity contribution is 7.17. The van der Waals surface area contributed by atoms with Crippen LogP contribution in [0.4, 0.5) is 9.80 Å². The predicted molar refractivity (Wildman–Crippen MR) is 101 cm³/mol. The number of hydrogen-bond donors (Lipinski definition) is 2. The SMILES string of the molecule is Cc1ccc(C)c(-c2c(C)sc(NC(=O)OC(C)(C)C)c2C(=O)O)c1. The van der Waals surface area contributed by atoms with Crippen LogP contribution < -0.4 is 5.32 Å². The Kier molecular flexibility index (Phi) is 5.23. The van der Waals surface area contributed by atoms with Crippen molar-refractivity contribution < 1.29 is 19.4 Å². The minimum absolute atomic E-state index is 0.0991. The quantitative estimate of drug-likeness (QED) is 0.769. The number of aryl methyl sites for hydroxylation is 3. The summed E-state index contributed by atoms with van der Waals surface area (Å²) in [6.07, 6.45) is -0.663. The Morgan fingerprint density at radius 2 is 1.80 bits per heavy atom. The van der Waals surface area contributed by atoms with Crippen molar-refractivity contribution in [2.45, 2.75) is 47.1 Å². The second-order valence-corrected chi connectivity index (χ2v) is 8.21. The maximum absolute atomic E-state index is 12.1. The first-order chi connectivity index (χ1) is 11.5. The van der Waals surface area contributed by atoms with Crippen molar-refractivity contribution in [1.29, 1.82) is 0 Å². The molecule has 0 atom stereocenters. The summed E-state index contributed by atoms with van der Waals surface area (Å²) in [4.78, 5) is 24.8. The molecular weight excluding hydrogens is 338 g/mol. The van der Waals surface area contributed by atoms with E-state index in [0.29, 0.717) is 5.56 Å². The lowest BCUT2D eigenvalue weighted by Gasteiger charge is -2.19. The Bertz CT molecular complexity index is 831. The van der Waals surface area contributed by atoms with Gasteiger partial charge in [0.25, 0.3) is 0 Å². The molecule has 5 nitrogen and oxygen atoms in total. The second kappa shape index (κ2) is 6.88. The molecule has 1 heterocycles. The standard InChI is InChI=1S/C19H23NO4S/c1-10-7-8-11(2)13(9-10)14-12(3)25-16(15(14)17(21)22)20-18(23)24-19(4,5)6/h7-9H,1-6H3,(H,20,23)(H,21,22). The van der Waals surface area contributed by atoms with Gasteiger partial charge in [0.1, 0.15) is 16.2 Å². The first kappa shape index (κ1) is 19.0. The molecule has 0 spiro atoms. The first-order valence-electron chi connectivity index (χ1n) is 7.94. The molecule has 0 saturated heterocycles. The predicted octanol–water partition coefficient (Wildman–Crippen LogP) is 5.39. The van der Waals surface area contributed by atoms with E-state index in [1.807, 2.05) is 39.0 Å². The van der Waals surface area contributed by atoms with Crippen molar-refractivity contribution in [2.24, 2.45) is 0 Å². The lowest BCUT2D eigenvalue weighted by molar-refractivity contribution is 0.0636. The molecule has 1 aromatic carbocycles. The summed E-state index contributed by atoms with van der Waals surface area (Å²) in [6.45, 7) is 11.0. The van der Waals surface area contributed by atoms with E-state index in [0.717, 1.165) is 21.6 Å². The highest BCUT2D eigenvalue weighted by Gasteiger charge is 2.26. The number of carbonyl (C=O) groups is 2. The fourth-order valence-corrected chi connectivity index (χ4v) is 3.61. The second-order valence-electron chi connectivity index (χ2n) is 6.99. The third-order valence-electron chi connectivity index (χ3n) is 3.58. The van der Waals surface area contributed by atoms with Crippen molar-refractivity contribution in [3.8, 4) is 11.1 Å². The van der Waals surface area contributed by atoms with Crippen LogP contribution in [0.15, 0.2) is 18.2 Å². The highest BCUT2D eigenvalue weighted by Crippen LogP contribution is 2.41. The molecule has 2 N–H and O–H groups in total. The van der Waals surface area contributed by atoms with Crippen LogP contribution in [0.5, 0.6) is 0 Å². The van der Waals surface area contributed by atoms with Crippen LogP contribution >= 0.6 is 11.3 Å². The van der Waals surface area contributed by atoms with Crippen LogP contribution in [0, 0.1) is 20.8 Å². The van der Waals surface area contributed by atoms with Gasteiger partial charge in [0.2, 0.25) is 0 Å². The molecule has 0 fully saturated rings. The number of carbonyl (C=O) groups excluding carboxylic acids is 1. The zero-order valence-corrected chi connectivity index (χ0v) is 16.1. The van der Waals surface area contributed by atoms with E-state index in [-0.39, 0.29) is 10.6 Å². The van der Waals surface area contributed by atoms with Gasteiger partial charge in [-0.1, -0.05) is 23.8 Å². The molecule has 134 valence electrons. The molecule has 0 saturated carbocycles. The van der Waals surface area contributed by atoms with Gasteiger partial charge in [0.15, 0.2) is 0 Å². The topological polar surface area (TPSA) is 75.6 Å². The molecule has 0 aliphatic heterocycles. The van der Waals surface area contributed by atoms with Crippen molar-refractivity contribution in [2.75, 3.05) is 5.32 Å². The zero-order valence-electron chi connectivity index (χ0n) is 15.3. The van der Waals surface area contributed by atoms with E-state index in [2.05, 4.69) is 5.32 Å². The maximum atomic E-state index is 12.1. The molecule has 0 unspecified atom stereocenters. The van der Waals surface area contributed by atoms with Crippen LogP contribution in [0.1, 0.15) is 47.1 Å².